The number of nitrogens with zero attached hydrogens (tertiary/aromatic N) is 4. The Kier molecular flexibility index (Phi) is 5.07. The fourth-order valence-electron chi connectivity index (χ4n) is 4.04. The van der Waals surface area contributed by atoms with E-state index in [-0.39, 0.29) is 11.5 Å². The maximum Gasteiger partial charge on any atom is 0.267 e. The number of carbonyl (C=O) groups excluding carboxylic acids is 1. The van der Waals surface area contributed by atoms with Gasteiger partial charge >= 0.3 is 0 Å². The lowest BCUT2D eigenvalue weighted by Gasteiger charge is -2.37. The van der Waals surface area contributed by atoms with E-state index in [1.807, 2.05) is 29.2 Å². The largest absolute Gasteiger partial charge is 0.497 e. The zero-order valence-electron chi connectivity index (χ0n) is 16.4. The molecule has 0 N–H and O–H groups in total. The first-order valence-corrected chi connectivity index (χ1v) is 9.86. The molecule has 1 unspecified atom stereocenters. The predicted molar refractivity (Wildman–Crippen MR) is 107 cm³/mol. The van der Waals surface area contributed by atoms with E-state index in [1.165, 1.54) is 4.68 Å². The number of rotatable bonds is 4. The molecule has 1 atom stereocenters. The average molecular weight is 382 g/mol. The number of methoxy groups -OCH3 is 1. The van der Waals surface area contributed by atoms with Crippen molar-refractivity contribution >= 4 is 11.6 Å². The first-order valence-electron chi connectivity index (χ1n) is 9.86. The first kappa shape index (κ1) is 18.5. The molecular formula is C21H26N4O3. The number of benzene rings is 1. The van der Waals surface area contributed by atoms with Gasteiger partial charge in [0, 0.05) is 37.9 Å². The lowest BCUT2D eigenvalue weighted by Crippen LogP contribution is -2.51. The molecule has 1 aliphatic carbocycles. The summed E-state index contributed by atoms with van der Waals surface area (Å²) >= 11 is 0. The van der Waals surface area contributed by atoms with Gasteiger partial charge in [0.05, 0.1) is 12.8 Å². The van der Waals surface area contributed by atoms with Gasteiger partial charge in [-0.2, -0.15) is 5.10 Å². The fraction of sp³-hybridized carbons (Fsp3) is 0.476. The minimum absolute atomic E-state index is 0.0399. The molecule has 1 amide bonds. The second-order valence-corrected chi connectivity index (χ2v) is 7.44. The number of fused-ring (bicyclic) bond motifs is 1. The van der Waals surface area contributed by atoms with Crippen LogP contribution >= 0.6 is 0 Å². The van der Waals surface area contributed by atoms with Crippen LogP contribution in [0.4, 0.5) is 5.69 Å². The van der Waals surface area contributed by atoms with Gasteiger partial charge in [-0.15, -0.1) is 0 Å². The number of aryl methyl sites for hydroxylation is 2. The number of carbonyl (C=O) groups is 1. The zero-order chi connectivity index (χ0) is 19.7. The Balaban J connectivity index is 1.41. The number of anilines is 1. The Morgan fingerprint density at radius 2 is 1.82 bits per heavy atom. The molecule has 1 aromatic heterocycles. The van der Waals surface area contributed by atoms with Gasteiger partial charge in [0.25, 0.3) is 5.56 Å². The topological polar surface area (TPSA) is 67.7 Å². The standard InChI is InChI=1S/C21H26N4O3/c1-15(25-20(26)14-16-4-3-5-19(16)22-25)21(27)24-12-10-23(11-13-24)17-6-8-18(28-2)9-7-17/h6-9,14-15H,3-5,10-13H2,1-2H3. The van der Waals surface area contributed by atoms with Gasteiger partial charge in [-0.05, 0) is 56.0 Å². The van der Waals surface area contributed by atoms with Crippen molar-refractivity contribution in [3.05, 3.63) is 51.9 Å². The molecule has 0 spiro atoms. The van der Waals surface area contributed by atoms with Gasteiger partial charge in [-0.3, -0.25) is 9.59 Å². The normalized spacial score (nSPS) is 17.4. The molecule has 2 heterocycles. The Labute approximate surface area is 164 Å². The van der Waals surface area contributed by atoms with E-state index in [2.05, 4.69) is 10.00 Å². The van der Waals surface area contributed by atoms with Crippen molar-refractivity contribution in [3.63, 3.8) is 0 Å². The number of amides is 1. The average Bonchev–Trinajstić information content (AvgIpc) is 3.19. The van der Waals surface area contributed by atoms with E-state index in [0.29, 0.717) is 13.1 Å². The molecule has 2 aliphatic rings. The van der Waals surface area contributed by atoms with Crippen LogP contribution in [0.2, 0.25) is 0 Å². The second-order valence-electron chi connectivity index (χ2n) is 7.44. The van der Waals surface area contributed by atoms with Crippen LogP contribution < -0.4 is 15.2 Å². The van der Waals surface area contributed by atoms with Crippen LogP contribution in [-0.2, 0) is 17.6 Å². The summed E-state index contributed by atoms with van der Waals surface area (Å²) in [5.74, 6) is 0.792. The van der Waals surface area contributed by atoms with Gasteiger partial charge in [0.1, 0.15) is 11.8 Å². The van der Waals surface area contributed by atoms with E-state index in [4.69, 9.17) is 4.74 Å². The minimum Gasteiger partial charge on any atom is -0.497 e. The summed E-state index contributed by atoms with van der Waals surface area (Å²) in [6, 6.07) is 9.04. The summed E-state index contributed by atoms with van der Waals surface area (Å²) in [6.07, 6.45) is 2.83. The molecule has 1 fully saturated rings. The minimum atomic E-state index is -0.578. The van der Waals surface area contributed by atoms with E-state index < -0.39 is 6.04 Å². The summed E-state index contributed by atoms with van der Waals surface area (Å²) < 4.78 is 6.57. The highest BCUT2D eigenvalue weighted by molar-refractivity contribution is 5.80. The van der Waals surface area contributed by atoms with Gasteiger partial charge in [-0.25, -0.2) is 4.68 Å². The number of aromatic nitrogens is 2. The highest BCUT2D eigenvalue weighted by Crippen LogP contribution is 2.22. The number of hydrogen-bond donors (Lipinski definition) is 0. The maximum absolute atomic E-state index is 13.0. The molecule has 0 radical (unpaired) electrons. The maximum atomic E-state index is 13.0. The quantitative estimate of drug-likeness (QED) is 0.804. The Morgan fingerprint density at radius 3 is 2.50 bits per heavy atom. The molecule has 7 nitrogen and oxygen atoms in total. The monoisotopic (exact) mass is 382 g/mol. The smallest absolute Gasteiger partial charge is 0.267 e. The van der Waals surface area contributed by atoms with E-state index >= 15 is 0 Å². The van der Waals surface area contributed by atoms with Gasteiger partial charge in [-0.1, -0.05) is 0 Å². The Hall–Kier alpha value is -2.83. The molecule has 4 rings (SSSR count). The fourth-order valence-corrected chi connectivity index (χ4v) is 4.04. The van der Waals surface area contributed by atoms with Crippen LogP contribution in [0.3, 0.4) is 0 Å². The SMILES string of the molecule is COc1ccc(N2CCN(C(=O)C(C)n3nc4c(cc3=O)CCC4)CC2)cc1. The van der Waals surface area contributed by atoms with Crippen LogP contribution in [0.1, 0.15) is 30.6 Å². The van der Waals surface area contributed by atoms with Crippen LogP contribution in [0.25, 0.3) is 0 Å². The van der Waals surface area contributed by atoms with Crippen LogP contribution in [0, 0.1) is 0 Å². The molecule has 28 heavy (non-hydrogen) atoms. The third-order valence-electron chi connectivity index (χ3n) is 5.74. The third kappa shape index (κ3) is 3.48. The summed E-state index contributed by atoms with van der Waals surface area (Å²) in [4.78, 5) is 29.5. The van der Waals surface area contributed by atoms with Crippen molar-refractivity contribution in [2.24, 2.45) is 0 Å². The second kappa shape index (κ2) is 7.66. The van der Waals surface area contributed by atoms with Crippen LogP contribution in [0.5, 0.6) is 5.75 Å². The Morgan fingerprint density at radius 1 is 1.11 bits per heavy atom. The molecular weight excluding hydrogens is 356 g/mol. The summed E-state index contributed by atoms with van der Waals surface area (Å²) in [6.45, 7) is 4.56. The van der Waals surface area contributed by atoms with Gasteiger partial charge < -0.3 is 14.5 Å². The summed E-state index contributed by atoms with van der Waals surface area (Å²) in [5, 5.41) is 4.48. The molecule has 0 bridgehead atoms. The van der Waals surface area contributed by atoms with E-state index in [0.717, 1.165) is 55.0 Å². The lowest BCUT2D eigenvalue weighted by atomic mass is 10.2. The Bertz CT molecular complexity index is 914. The number of hydrogen-bond acceptors (Lipinski definition) is 5. The molecule has 148 valence electrons. The van der Waals surface area contributed by atoms with Crippen LogP contribution in [-0.4, -0.2) is 53.9 Å². The molecule has 1 aliphatic heterocycles. The zero-order valence-corrected chi connectivity index (χ0v) is 16.4. The van der Waals surface area contributed by atoms with E-state index in [1.54, 1.807) is 20.1 Å². The molecule has 7 heteroatoms. The molecule has 2 aromatic rings. The lowest BCUT2D eigenvalue weighted by molar-refractivity contribution is -0.135. The van der Waals surface area contributed by atoms with Crippen molar-refractivity contribution in [2.75, 3.05) is 38.2 Å². The van der Waals surface area contributed by atoms with Crippen LogP contribution in [0.15, 0.2) is 35.1 Å². The molecule has 1 saturated heterocycles. The molecule has 1 aromatic carbocycles. The number of ether oxygens (including phenoxy) is 1. The summed E-state index contributed by atoms with van der Waals surface area (Å²) in [7, 11) is 1.65. The number of piperazine rings is 1. The highest BCUT2D eigenvalue weighted by atomic mass is 16.5. The van der Waals surface area contributed by atoms with Crippen molar-refractivity contribution in [3.8, 4) is 5.75 Å². The van der Waals surface area contributed by atoms with Crippen molar-refractivity contribution in [1.29, 1.82) is 0 Å². The van der Waals surface area contributed by atoms with Crippen molar-refractivity contribution < 1.29 is 9.53 Å². The van der Waals surface area contributed by atoms with E-state index in [9.17, 15) is 9.59 Å². The molecule has 0 saturated carbocycles. The van der Waals surface area contributed by atoms with Gasteiger partial charge in [0.15, 0.2) is 0 Å². The third-order valence-corrected chi connectivity index (χ3v) is 5.74. The van der Waals surface area contributed by atoms with Crippen molar-refractivity contribution in [2.45, 2.75) is 32.2 Å². The summed E-state index contributed by atoms with van der Waals surface area (Å²) in [5.41, 5.74) is 2.94. The predicted octanol–water partition coefficient (Wildman–Crippen LogP) is 1.65. The highest BCUT2D eigenvalue weighted by Gasteiger charge is 2.28. The van der Waals surface area contributed by atoms with Crippen molar-refractivity contribution in [1.82, 2.24) is 14.7 Å². The first-order chi connectivity index (χ1) is 13.6. The van der Waals surface area contributed by atoms with Gasteiger partial charge in [0.2, 0.25) is 5.91 Å².